The van der Waals surface area contributed by atoms with Crippen LogP contribution >= 0.6 is 0 Å². The second-order valence-electron chi connectivity index (χ2n) is 3.38. The van der Waals surface area contributed by atoms with Gasteiger partial charge in [-0.1, -0.05) is 30.3 Å². The van der Waals surface area contributed by atoms with Crippen molar-refractivity contribution in [1.82, 2.24) is 0 Å². The zero-order valence-electron chi connectivity index (χ0n) is 9.33. The Hall–Kier alpha value is -1.46. The first-order valence-electron chi connectivity index (χ1n) is 4.91. The third-order valence-electron chi connectivity index (χ3n) is 2.34. The second kappa shape index (κ2) is 6.19. The Morgan fingerprint density at radius 1 is 1.31 bits per heavy atom. The molecular formula is C11H15NO4. The lowest BCUT2D eigenvalue weighted by atomic mass is 10.0. The molecule has 1 rings (SSSR count). The van der Waals surface area contributed by atoms with E-state index in [1.807, 2.05) is 18.2 Å². The van der Waals surface area contributed by atoms with Crippen molar-refractivity contribution in [1.29, 1.82) is 0 Å². The van der Waals surface area contributed by atoms with Gasteiger partial charge in [-0.15, -0.1) is 0 Å². The summed E-state index contributed by atoms with van der Waals surface area (Å²) in [5, 5.41) is 10.9. The molecule has 0 N–H and O–H groups in total. The minimum absolute atomic E-state index is 0.0282. The third kappa shape index (κ3) is 3.01. The Bertz CT molecular complexity index is 328. The monoisotopic (exact) mass is 225 g/mol. The van der Waals surface area contributed by atoms with Crippen LogP contribution in [0.15, 0.2) is 30.3 Å². The largest absolute Gasteiger partial charge is 0.377 e. The van der Waals surface area contributed by atoms with E-state index >= 15 is 0 Å². The molecule has 0 amide bonds. The van der Waals surface area contributed by atoms with Crippen LogP contribution in [-0.2, 0) is 9.47 Å². The summed E-state index contributed by atoms with van der Waals surface area (Å²) in [5.41, 5.74) is 0.781. The summed E-state index contributed by atoms with van der Waals surface area (Å²) in [7, 11) is 2.90. The van der Waals surface area contributed by atoms with E-state index in [2.05, 4.69) is 0 Å². The van der Waals surface area contributed by atoms with Gasteiger partial charge >= 0.3 is 0 Å². The molecule has 0 fully saturated rings. The zero-order chi connectivity index (χ0) is 12.0. The predicted molar refractivity (Wildman–Crippen MR) is 58.9 cm³/mol. The van der Waals surface area contributed by atoms with E-state index in [-0.39, 0.29) is 11.5 Å². The molecule has 0 aliphatic rings. The molecular weight excluding hydrogens is 210 g/mol. The molecule has 0 aromatic heterocycles. The van der Waals surface area contributed by atoms with Crippen molar-refractivity contribution in [2.45, 2.75) is 12.1 Å². The lowest BCUT2D eigenvalue weighted by molar-refractivity contribution is -0.540. The van der Waals surface area contributed by atoms with Crippen molar-refractivity contribution in [2.75, 3.05) is 20.8 Å². The van der Waals surface area contributed by atoms with E-state index in [9.17, 15) is 10.1 Å². The molecule has 0 heterocycles. The smallest absolute Gasteiger partial charge is 0.265 e. The fourth-order valence-corrected chi connectivity index (χ4v) is 1.59. The van der Waals surface area contributed by atoms with Gasteiger partial charge in [-0.25, -0.2) is 0 Å². The molecule has 5 nitrogen and oxygen atoms in total. The van der Waals surface area contributed by atoms with Gasteiger partial charge in [0, 0.05) is 19.1 Å². The third-order valence-corrected chi connectivity index (χ3v) is 2.34. The van der Waals surface area contributed by atoms with Crippen LogP contribution in [0.25, 0.3) is 0 Å². The van der Waals surface area contributed by atoms with E-state index < -0.39 is 12.1 Å². The van der Waals surface area contributed by atoms with Crippen molar-refractivity contribution >= 4 is 0 Å². The molecule has 1 aromatic rings. The zero-order valence-corrected chi connectivity index (χ0v) is 9.33. The highest BCUT2D eigenvalue weighted by molar-refractivity contribution is 5.18. The van der Waals surface area contributed by atoms with Crippen LogP contribution in [0.1, 0.15) is 11.7 Å². The summed E-state index contributed by atoms with van der Waals surface area (Å²) < 4.78 is 10.0. The number of rotatable bonds is 6. The van der Waals surface area contributed by atoms with Gasteiger partial charge in [0.25, 0.3) is 6.04 Å². The molecule has 0 radical (unpaired) electrons. The summed E-state index contributed by atoms with van der Waals surface area (Å²) in [6.45, 7) is 0.0282. The highest BCUT2D eigenvalue weighted by Crippen LogP contribution is 2.22. The highest BCUT2D eigenvalue weighted by Gasteiger charge is 2.32. The standard InChI is InChI=1S/C11H15NO4/c1-15-8-10(12(13)14)11(16-2)9-6-4-3-5-7-9/h3-7,10-11H,8H2,1-2H3. The molecule has 0 aliphatic heterocycles. The number of ether oxygens (including phenoxy) is 2. The van der Waals surface area contributed by atoms with Crippen molar-refractivity contribution in [3.8, 4) is 0 Å². The van der Waals surface area contributed by atoms with Gasteiger partial charge in [-0.05, 0) is 5.56 Å². The SMILES string of the molecule is COCC(C(OC)c1ccccc1)[N+](=O)[O-]. The topological polar surface area (TPSA) is 61.6 Å². The lowest BCUT2D eigenvalue weighted by Crippen LogP contribution is -2.33. The van der Waals surface area contributed by atoms with E-state index in [1.54, 1.807) is 12.1 Å². The maximum absolute atomic E-state index is 10.9. The van der Waals surface area contributed by atoms with E-state index in [1.165, 1.54) is 14.2 Å². The Labute approximate surface area is 94.1 Å². The summed E-state index contributed by atoms with van der Waals surface area (Å²) >= 11 is 0. The summed E-state index contributed by atoms with van der Waals surface area (Å²) in [4.78, 5) is 10.5. The molecule has 16 heavy (non-hydrogen) atoms. The van der Waals surface area contributed by atoms with Crippen LogP contribution in [0.3, 0.4) is 0 Å². The summed E-state index contributed by atoms with van der Waals surface area (Å²) in [5.74, 6) is 0. The van der Waals surface area contributed by atoms with Gasteiger partial charge in [-0.3, -0.25) is 10.1 Å². The molecule has 2 unspecified atom stereocenters. The molecule has 0 bridgehead atoms. The van der Waals surface area contributed by atoms with Crippen LogP contribution in [0.5, 0.6) is 0 Å². The number of hydrogen-bond acceptors (Lipinski definition) is 4. The molecule has 0 aliphatic carbocycles. The molecule has 88 valence electrons. The lowest BCUT2D eigenvalue weighted by Gasteiger charge is -2.19. The van der Waals surface area contributed by atoms with Crippen LogP contribution < -0.4 is 0 Å². The number of nitrogens with zero attached hydrogens (tertiary/aromatic N) is 1. The average Bonchev–Trinajstić information content (AvgIpc) is 2.30. The maximum atomic E-state index is 10.9. The van der Waals surface area contributed by atoms with Crippen LogP contribution in [0, 0.1) is 10.1 Å². The molecule has 0 saturated heterocycles. The highest BCUT2D eigenvalue weighted by atomic mass is 16.6. The number of hydrogen-bond donors (Lipinski definition) is 0. The Morgan fingerprint density at radius 3 is 2.38 bits per heavy atom. The minimum atomic E-state index is -0.891. The van der Waals surface area contributed by atoms with E-state index in [0.717, 1.165) is 5.56 Å². The normalized spacial score (nSPS) is 14.4. The van der Waals surface area contributed by atoms with Crippen molar-refractivity contribution < 1.29 is 14.4 Å². The van der Waals surface area contributed by atoms with Crippen molar-refractivity contribution in [2.24, 2.45) is 0 Å². The van der Waals surface area contributed by atoms with Crippen LogP contribution in [-0.4, -0.2) is 31.8 Å². The first-order valence-corrected chi connectivity index (χ1v) is 4.91. The summed E-state index contributed by atoms with van der Waals surface area (Å²) in [6.07, 6.45) is -0.587. The molecule has 1 aromatic carbocycles. The van der Waals surface area contributed by atoms with Gasteiger partial charge in [0.15, 0.2) is 6.10 Å². The molecule has 0 spiro atoms. The fraction of sp³-hybridized carbons (Fsp3) is 0.455. The second-order valence-corrected chi connectivity index (χ2v) is 3.38. The van der Waals surface area contributed by atoms with Gasteiger partial charge in [0.05, 0.1) is 0 Å². The fourth-order valence-electron chi connectivity index (χ4n) is 1.59. The Kier molecular flexibility index (Phi) is 4.88. The molecule has 5 heteroatoms. The first kappa shape index (κ1) is 12.6. The van der Waals surface area contributed by atoms with E-state index in [4.69, 9.17) is 9.47 Å². The van der Waals surface area contributed by atoms with Crippen LogP contribution in [0.4, 0.5) is 0 Å². The first-order chi connectivity index (χ1) is 7.70. The van der Waals surface area contributed by atoms with Gasteiger partial charge in [0.2, 0.25) is 0 Å². The van der Waals surface area contributed by atoms with Gasteiger partial charge in [-0.2, -0.15) is 0 Å². The quantitative estimate of drug-likeness (QED) is 0.545. The number of methoxy groups -OCH3 is 2. The molecule has 0 saturated carbocycles. The average molecular weight is 225 g/mol. The Balaban J connectivity index is 2.91. The minimum Gasteiger partial charge on any atom is -0.377 e. The summed E-state index contributed by atoms with van der Waals surface area (Å²) in [6, 6.07) is 8.22. The van der Waals surface area contributed by atoms with Crippen molar-refractivity contribution in [3.63, 3.8) is 0 Å². The predicted octanol–water partition coefficient (Wildman–Crippen LogP) is 1.67. The van der Waals surface area contributed by atoms with E-state index in [0.29, 0.717) is 0 Å². The Morgan fingerprint density at radius 2 is 1.94 bits per heavy atom. The molecule has 2 atom stereocenters. The number of nitro groups is 1. The maximum Gasteiger partial charge on any atom is 0.265 e. The van der Waals surface area contributed by atoms with Gasteiger partial charge in [0.1, 0.15) is 6.61 Å². The van der Waals surface area contributed by atoms with Crippen molar-refractivity contribution in [3.05, 3.63) is 46.0 Å². The number of benzene rings is 1. The van der Waals surface area contributed by atoms with Crippen LogP contribution in [0.2, 0.25) is 0 Å². The van der Waals surface area contributed by atoms with Gasteiger partial charge < -0.3 is 9.47 Å².